The Bertz CT molecular complexity index is 1020. The number of hydrogen-bond donors (Lipinski definition) is 2. The average Bonchev–Trinajstić information content (AvgIpc) is 3.40. The van der Waals surface area contributed by atoms with E-state index in [1.54, 1.807) is 30.3 Å². The van der Waals surface area contributed by atoms with Gasteiger partial charge in [0.1, 0.15) is 5.82 Å². The molecule has 1 aromatic carbocycles. The Kier molecular flexibility index (Phi) is 6.10. The van der Waals surface area contributed by atoms with Crippen LogP contribution in [0.5, 0.6) is 0 Å². The second-order valence-corrected chi connectivity index (χ2v) is 7.13. The second-order valence-electron chi connectivity index (χ2n) is 7.13. The number of hydrogen-bond acceptors (Lipinski definition) is 6. The minimum absolute atomic E-state index is 0.206. The van der Waals surface area contributed by atoms with Crippen LogP contribution in [0.15, 0.2) is 41.0 Å². The minimum Gasteiger partial charge on any atom is -0.478 e. The topological polar surface area (TPSA) is 110 Å². The Morgan fingerprint density at radius 2 is 2.00 bits per heavy atom. The molecule has 0 unspecified atom stereocenters. The lowest BCUT2D eigenvalue weighted by Gasteiger charge is -2.27. The fourth-order valence-corrected chi connectivity index (χ4v) is 3.60. The van der Waals surface area contributed by atoms with Crippen LogP contribution in [0.1, 0.15) is 26.7 Å². The van der Waals surface area contributed by atoms with Crippen LogP contribution in [-0.4, -0.2) is 70.8 Å². The highest BCUT2D eigenvalue weighted by atomic mass is 16.5. The third kappa shape index (κ3) is 4.52. The molecule has 1 aliphatic heterocycles. The number of aromatic nitrogens is 2. The van der Waals surface area contributed by atoms with E-state index >= 15 is 0 Å². The molecule has 158 valence electrons. The maximum atomic E-state index is 12.1. The Balaban J connectivity index is 1.51. The van der Waals surface area contributed by atoms with Crippen LogP contribution in [0.3, 0.4) is 0 Å². The molecular weight excluding hydrogens is 388 g/mol. The Morgan fingerprint density at radius 3 is 2.73 bits per heavy atom. The molecule has 4 rings (SSSR count). The number of morpholine rings is 1. The third-order valence-corrected chi connectivity index (χ3v) is 5.20. The summed E-state index contributed by atoms with van der Waals surface area (Å²) in [6.07, 6.45) is 1.98. The van der Waals surface area contributed by atoms with Crippen LogP contribution < -0.4 is 5.32 Å². The molecule has 3 aromatic rings. The van der Waals surface area contributed by atoms with Crippen molar-refractivity contribution in [3.8, 4) is 0 Å². The number of carboxylic acid groups (broad SMARTS) is 1. The molecule has 3 heterocycles. The molecule has 0 aliphatic carbocycles. The normalized spacial score (nSPS) is 14.8. The summed E-state index contributed by atoms with van der Waals surface area (Å²) < 4.78 is 12.6. The van der Waals surface area contributed by atoms with E-state index in [4.69, 9.17) is 9.15 Å². The van der Waals surface area contributed by atoms with Crippen LogP contribution in [0, 0.1) is 0 Å². The van der Waals surface area contributed by atoms with Gasteiger partial charge in [-0.1, -0.05) is 0 Å². The van der Waals surface area contributed by atoms with Crippen molar-refractivity contribution in [2.75, 3.05) is 39.4 Å². The predicted octanol–water partition coefficient (Wildman–Crippen LogP) is 1.63. The molecule has 1 saturated heterocycles. The first-order valence-electron chi connectivity index (χ1n) is 9.96. The predicted molar refractivity (Wildman–Crippen MR) is 109 cm³/mol. The smallest absolute Gasteiger partial charge is 0.335 e. The Hall–Kier alpha value is -3.17. The number of rotatable bonds is 8. The lowest BCUT2D eigenvalue weighted by atomic mass is 10.2. The number of carboxylic acids is 1. The molecule has 0 spiro atoms. The quantitative estimate of drug-likeness (QED) is 0.579. The number of ether oxygens (including phenoxy) is 1. The first-order chi connectivity index (χ1) is 14.6. The number of amides is 1. The largest absolute Gasteiger partial charge is 0.478 e. The van der Waals surface area contributed by atoms with Crippen molar-refractivity contribution in [1.82, 2.24) is 19.8 Å². The molecule has 1 aliphatic rings. The van der Waals surface area contributed by atoms with Crippen LogP contribution in [-0.2, 0) is 17.7 Å². The summed E-state index contributed by atoms with van der Waals surface area (Å²) in [7, 11) is 0. The number of benzene rings is 1. The molecule has 9 nitrogen and oxygen atoms in total. The number of fused-ring (bicyclic) bond motifs is 1. The molecule has 0 radical (unpaired) electrons. The third-order valence-electron chi connectivity index (χ3n) is 5.20. The van der Waals surface area contributed by atoms with E-state index in [-0.39, 0.29) is 17.2 Å². The highest BCUT2D eigenvalue weighted by Gasteiger charge is 2.16. The van der Waals surface area contributed by atoms with Gasteiger partial charge in [0, 0.05) is 39.1 Å². The van der Waals surface area contributed by atoms with Gasteiger partial charge in [-0.3, -0.25) is 9.69 Å². The summed E-state index contributed by atoms with van der Waals surface area (Å²) in [6, 6.07) is 8.27. The van der Waals surface area contributed by atoms with Gasteiger partial charge in [0.05, 0.1) is 36.1 Å². The molecule has 1 fully saturated rings. The number of carbonyl (C=O) groups is 2. The van der Waals surface area contributed by atoms with E-state index in [0.29, 0.717) is 18.5 Å². The van der Waals surface area contributed by atoms with E-state index in [1.165, 1.54) is 6.26 Å². The molecule has 2 aromatic heterocycles. The molecule has 2 N–H and O–H groups in total. The molecule has 1 amide bonds. The number of furan rings is 1. The van der Waals surface area contributed by atoms with Gasteiger partial charge in [-0.05, 0) is 30.3 Å². The van der Waals surface area contributed by atoms with Crippen molar-refractivity contribution >= 4 is 22.9 Å². The van der Waals surface area contributed by atoms with Gasteiger partial charge >= 0.3 is 5.97 Å². The van der Waals surface area contributed by atoms with Crippen LogP contribution >= 0.6 is 0 Å². The summed E-state index contributed by atoms with van der Waals surface area (Å²) in [4.78, 5) is 30.4. The van der Waals surface area contributed by atoms with Crippen LogP contribution in [0.2, 0.25) is 0 Å². The summed E-state index contributed by atoms with van der Waals surface area (Å²) in [6.45, 7) is 5.23. The average molecular weight is 412 g/mol. The minimum atomic E-state index is -0.980. The van der Waals surface area contributed by atoms with Crippen molar-refractivity contribution in [3.63, 3.8) is 0 Å². The number of imidazole rings is 1. The van der Waals surface area contributed by atoms with E-state index < -0.39 is 5.97 Å². The standard InChI is InChI=1S/C21H24N4O5/c26-20(18-2-1-11-30-18)22-6-5-19-23-16-14-15(21(27)28)3-4-17(16)25(19)8-7-24-9-12-29-13-10-24/h1-4,11,14H,5-10,12-13H2,(H,22,26)(H,27,28). The molecular formula is C21H24N4O5. The zero-order chi connectivity index (χ0) is 20.9. The number of nitrogens with one attached hydrogen (secondary N) is 1. The fraction of sp³-hybridized carbons (Fsp3) is 0.381. The molecule has 0 bridgehead atoms. The Labute approximate surface area is 173 Å². The van der Waals surface area contributed by atoms with Gasteiger partial charge in [-0.25, -0.2) is 9.78 Å². The fourth-order valence-electron chi connectivity index (χ4n) is 3.60. The zero-order valence-electron chi connectivity index (χ0n) is 16.5. The molecule has 30 heavy (non-hydrogen) atoms. The van der Waals surface area contributed by atoms with E-state index in [1.807, 2.05) is 0 Å². The monoisotopic (exact) mass is 412 g/mol. The van der Waals surface area contributed by atoms with Crippen LogP contribution in [0.4, 0.5) is 0 Å². The van der Waals surface area contributed by atoms with Crippen LogP contribution in [0.25, 0.3) is 11.0 Å². The first-order valence-corrected chi connectivity index (χ1v) is 9.96. The Morgan fingerprint density at radius 1 is 1.17 bits per heavy atom. The lowest BCUT2D eigenvalue weighted by molar-refractivity contribution is 0.0364. The SMILES string of the molecule is O=C(O)c1ccc2c(c1)nc(CCNC(=O)c1ccco1)n2CCN1CCOCC1. The van der Waals surface area contributed by atoms with Gasteiger partial charge in [0.2, 0.25) is 0 Å². The molecule has 0 saturated carbocycles. The molecule has 9 heteroatoms. The van der Waals surface area contributed by atoms with Gasteiger partial charge < -0.3 is 24.1 Å². The van der Waals surface area contributed by atoms with Crippen molar-refractivity contribution in [2.24, 2.45) is 0 Å². The summed E-state index contributed by atoms with van der Waals surface area (Å²) in [5, 5.41) is 12.1. The second kappa shape index (κ2) is 9.10. The maximum absolute atomic E-state index is 12.1. The van der Waals surface area contributed by atoms with Crippen molar-refractivity contribution in [1.29, 1.82) is 0 Å². The van der Waals surface area contributed by atoms with Gasteiger partial charge in [-0.15, -0.1) is 0 Å². The molecule has 0 atom stereocenters. The van der Waals surface area contributed by atoms with E-state index in [9.17, 15) is 14.7 Å². The number of aromatic carboxylic acids is 1. The summed E-state index contributed by atoms with van der Waals surface area (Å²) in [5.41, 5.74) is 1.74. The van der Waals surface area contributed by atoms with Gasteiger partial charge in [0.25, 0.3) is 5.91 Å². The summed E-state index contributed by atoms with van der Waals surface area (Å²) in [5.74, 6) is -0.182. The number of carbonyl (C=O) groups excluding carboxylic acids is 1. The maximum Gasteiger partial charge on any atom is 0.335 e. The zero-order valence-corrected chi connectivity index (χ0v) is 16.5. The van der Waals surface area contributed by atoms with Gasteiger partial charge in [0.15, 0.2) is 5.76 Å². The van der Waals surface area contributed by atoms with Gasteiger partial charge in [-0.2, -0.15) is 0 Å². The van der Waals surface area contributed by atoms with E-state index in [2.05, 4.69) is 19.8 Å². The van der Waals surface area contributed by atoms with Crippen molar-refractivity contribution in [3.05, 3.63) is 53.7 Å². The van der Waals surface area contributed by atoms with Crippen molar-refractivity contribution in [2.45, 2.75) is 13.0 Å². The highest BCUT2D eigenvalue weighted by Crippen LogP contribution is 2.19. The van der Waals surface area contributed by atoms with Crippen molar-refractivity contribution < 1.29 is 23.8 Å². The highest BCUT2D eigenvalue weighted by molar-refractivity contribution is 5.92. The number of nitrogens with zero attached hydrogens (tertiary/aromatic N) is 3. The summed E-state index contributed by atoms with van der Waals surface area (Å²) >= 11 is 0. The first kappa shape index (κ1) is 20.1. The lowest BCUT2D eigenvalue weighted by Crippen LogP contribution is -2.38. The van der Waals surface area contributed by atoms with E-state index in [0.717, 1.165) is 50.7 Å².